The van der Waals surface area contributed by atoms with Crippen LogP contribution in [0.15, 0.2) is 24.3 Å². The van der Waals surface area contributed by atoms with Gasteiger partial charge in [0.2, 0.25) is 0 Å². The van der Waals surface area contributed by atoms with Gasteiger partial charge < -0.3 is 4.90 Å². The first-order valence-corrected chi connectivity index (χ1v) is 8.91. The zero-order valence-electron chi connectivity index (χ0n) is 14.1. The Morgan fingerprint density at radius 1 is 1.22 bits per heavy atom. The van der Waals surface area contributed by atoms with E-state index in [4.69, 9.17) is 0 Å². The summed E-state index contributed by atoms with van der Waals surface area (Å²) in [5.74, 6) is 0. The Labute approximate surface area is 137 Å². The van der Waals surface area contributed by atoms with E-state index in [9.17, 15) is 4.79 Å². The smallest absolute Gasteiger partial charge is 0.322 e. The molecule has 3 heterocycles. The van der Waals surface area contributed by atoms with Crippen LogP contribution < -0.4 is 0 Å². The first-order chi connectivity index (χ1) is 11.3. The van der Waals surface area contributed by atoms with Crippen LogP contribution in [0.2, 0.25) is 0 Å². The molecule has 0 saturated carbocycles. The van der Waals surface area contributed by atoms with Gasteiger partial charge in [-0.2, -0.15) is 0 Å². The first-order valence-electron chi connectivity index (χ1n) is 8.91. The highest BCUT2D eigenvalue weighted by atomic mass is 16.2. The summed E-state index contributed by atoms with van der Waals surface area (Å²) in [6, 6.07) is 8.91. The summed E-state index contributed by atoms with van der Waals surface area (Å²) in [6.07, 6.45) is 3.50. The van der Waals surface area contributed by atoms with Gasteiger partial charge in [0.15, 0.2) is 0 Å². The van der Waals surface area contributed by atoms with Crippen molar-refractivity contribution >= 4 is 16.9 Å². The molecule has 0 aliphatic carbocycles. The minimum absolute atomic E-state index is 0.151. The maximum atomic E-state index is 13.0. The third-order valence-corrected chi connectivity index (χ3v) is 5.46. The molecule has 0 fully saturated rings. The summed E-state index contributed by atoms with van der Waals surface area (Å²) in [7, 11) is 0. The lowest BCUT2D eigenvalue weighted by Crippen LogP contribution is -2.50. The van der Waals surface area contributed by atoms with Crippen LogP contribution in [0, 0.1) is 0 Å². The van der Waals surface area contributed by atoms with Crippen molar-refractivity contribution in [3.05, 3.63) is 35.5 Å². The van der Waals surface area contributed by atoms with Gasteiger partial charge in [0.05, 0.1) is 17.3 Å². The number of hydrogen-bond donors (Lipinski definition) is 0. The number of unbranched alkanes of at least 4 members (excludes halogenated alkanes) is 1. The van der Waals surface area contributed by atoms with Crippen LogP contribution in [-0.4, -0.2) is 46.6 Å². The molecule has 4 rings (SSSR count). The predicted molar refractivity (Wildman–Crippen MR) is 92.9 cm³/mol. The normalized spacial score (nSPS) is 21.0. The lowest BCUT2D eigenvalue weighted by Gasteiger charge is -2.42. The van der Waals surface area contributed by atoms with Gasteiger partial charge >= 0.3 is 6.03 Å². The molecule has 2 aliphatic heterocycles. The van der Waals surface area contributed by atoms with Crippen LogP contribution in [0.5, 0.6) is 0 Å². The van der Waals surface area contributed by atoms with Crippen LogP contribution in [0.4, 0.5) is 4.79 Å². The summed E-state index contributed by atoms with van der Waals surface area (Å²) in [4.78, 5) is 17.5. The van der Waals surface area contributed by atoms with Crippen LogP contribution in [0.1, 0.15) is 44.0 Å². The molecule has 0 saturated heterocycles. The van der Waals surface area contributed by atoms with E-state index in [1.807, 2.05) is 15.5 Å². The molecule has 1 amide bonds. The molecule has 1 unspecified atom stereocenters. The average Bonchev–Trinajstić information content (AvgIpc) is 2.92. The molecule has 2 aliphatic rings. The van der Waals surface area contributed by atoms with Gasteiger partial charge in [-0.3, -0.25) is 9.47 Å². The van der Waals surface area contributed by atoms with Crippen LogP contribution in [0.25, 0.3) is 10.9 Å². The molecule has 1 aromatic heterocycles. The topological polar surface area (TPSA) is 28.5 Å². The van der Waals surface area contributed by atoms with E-state index in [2.05, 4.69) is 36.9 Å². The van der Waals surface area contributed by atoms with Crippen molar-refractivity contribution in [2.75, 3.05) is 26.2 Å². The van der Waals surface area contributed by atoms with E-state index in [0.717, 1.165) is 38.1 Å². The molecule has 1 aromatic carbocycles. The van der Waals surface area contributed by atoms with Crippen molar-refractivity contribution in [3.63, 3.8) is 0 Å². The number of fused-ring (bicyclic) bond motifs is 3. The second kappa shape index (κ2) is 5.68. The summed E-state index contributed by atoms with van der Waals surface area (Å²) in [6.45, 7) is 8.18. The second-order valence-electron chi connectivity index (χ2n) is 6.69. The summed E-state index contributed by atoms with van der Waals surface area (Å²) >= 11 is 0. The number of hydrogen-bond acceptors (Lipinski definition) is 2. The molecule has 4 nitrogen and oxygen atoms in total. The maximum Gasteiger partial charge on any atom is 0.328 e. The molecule has 23 heavy (non-hydrogen) atoms. The van der Waals surface area contributed by atoms with Crippen LogP contribution in [0.3, 0.4) is 0 Å². The molecule has 2 aromatic rings. The largest absolute Gasteiger partial charge is 0.328 e. The van der Waals surface area contributed by atoms with Crippen molar-refractivity contribution < 1.29 is 4.79 Å². The zero-order chi connectivity index (χ0) is 16.0. The fraction of sp³-hybridized carbons (Fsp3) is 0.526. The van der Waals surface area contributed by atoms with E-state index >= 15 is 0 Å². The van der Waals surface area contributed by atoms with Crippen molar-refractivity contribution in [2.45, 2.75) is 39.2 Å². The fourth-order valence-corrected chi connectivity index (χ4v) is 4.25. The Morgan fingerprint density at radius 2 is 2.04 bits per heavy atom. The molecule has 0 radical (unpaired) electrons. The van der Waals surface area contributed by atoms with Gasteiger partial charge in [-0.15, -0.1) is 0 Å². The summed E-state index contributed by atoms with van der Waals surface area (Å²) < 4.78 is 2.00. The number of amides is 1. The Bertz CT molecular complexity index is 748. The Balaban J connectivity index is 1.89. The molecule has 0 bridgehead atoms. The monoisotopic (exact) mass is 311 g/mol. The van der Waals surface area contributed by atoms with Gasteiger partial charge in [-0.1, -0.05) is 31.5 Å². The maximum absolute atomic E-state index is 13.0. The summed E-state index contributed by atoms with van der Waals surface area (Å²) in [5.41, 5.74) is 3.76. The van der Waals surface area contributed by atoms with E-state index in [-0.39, 0.29) is 6.03 Å². The summed E-state index contributed by atoms with van der Waals surface area (Å²) in [5, 5.41) is 1.27. The quantitative estimate of drug-likeness (QED) is 0.862. The number of carbonyl (C=O) groups is 1. The van der Waals surface area contributed by atoms with E-state index < -0.39 is 0 Å². The van der Waals surface area contributed by atoms with Gasteiger partial charge in [-0.25, -0.2) is 4.79 Å². The molecular weight excluding hydrogens is 286 g/mol. The third-order valence-electron chi connectivity index (χ3n) is 5.46. The number of likely N-dealkylation sites (N-methyl/N-ethyl adjacent to an activating group) is 1. The SMILES string of the molecule is CCCCN1CCc2c3n(c4ccccc24)C(=O)N(CC)CC31. The number of nitrogens with zero attached hydrogens (tertiary/aromatic N) is 3. The molecule has 4 heteroatoms. The van der Waals surface area contributed by atoms with Crippen LogP contribution >= 0.6 is 0 Å². The minimum atomic E-state index is 0.151. The Kier molecular flexibility index (Phi) is 3.64. The minimum Gasteiger partial charge on any atom is -0.322 e. The standard InChI is InChI=1S/C19H25N3O/c1-3-5-11-21-12-10-15-14-8-6-7-9-16(14)22-18(15)17(21)13-20(4-2)19(22)23/h6-9,17H,3-5,10-13H2,1-2H3. The Hall–Kier alpha value is -1.81. The van der Waals surface area contributed by atoms with Crippen molar-refractivity contribution in [3.8, 4) is 0 Å². The van der Waals surface area contributed by atoms with E-state index in [1.165, 1.54) is 29.5 Å². The molecular formula is C19H25N3O. The number of rotatable bonds is 4. The van der Waals surface area contributed by atoms with E-state index in [1.54, 1.807) is 0 Å². The third kappa shape index (κ3) is 2.12. The van der Waals surface area contributed by atoms with Crippen molar-refractivity contribution in [2.24, 2.45) is 0 Å². The number of aromatic nitrogens is 1. The van der Waals surface area contributed by atoms with Gasteiger partial charge in [-0.05, 0) is 37.9 Å². The molecule has 0 spiro atoms. The van der Waals surface area contributed by atoms with Crippen molar-refractivity contribution in [1.82, 2.24) is 14.4 Å². The zero-order valence-corrected chi connectivity index (χ0v) is 14.1. The number of para-hydroxylation sites is 1. The van der Waals surface area contributed by atoms with Gasteiger partial charge in [0.1, 0.15) is 0 Å². The highest BCUT2D eigenvalue weighted by Gasteiger charge is 2.40. The molecule has 1 atom stereocenters. The lowest BCUT2D eigenvalue weighted by atomic mass is 9.95. The highest BCUT2D eigenvalue weighted by Crippen LogP contribution is 2.40. The lowest BCUT2D eigenvalue weighted by molar-refractivity contribution is 0.115. The van der Waals surface area contributed by atoms with Crippen molar-refractivity contribution in [1.29, 1.82) is 0 Å². The fourth-order valence-electron chi connectivity index (χ4n) is 4.25. The van der Waals surface area contributed by atoms with Gasteiger partial charge in [0, 0.05) is 25.0 Å². The average molecular weight is 311 g/mol. The number of benzene rings is 1. The Morgan fingerprint density at radius 3 is 2.83 bits per heavy atom. The first kappa shape index (κ1) is 14.8. The predicted octanol–water partition coefficient (Wildman–Crippen LogP) is 3.64. The highest BCUT2D eigenvalue weighted by molar-refractivity contribution is 5.96. The molecule has 0 N–H and O–H groups in total. The number of carbonyl (C=O) groups excluding carboxylic acids is 1. The van der Waals surface area contributed by atoms with Gasteiger partial charge in [0.25, 0.3) is 0 Å². The second-order valence-corrected chi connectivity index (χ2v) is 6.69. The molecule has 122 valence electrons. The van der Waals surface area contributed by atoms with Crippen LogP contribution in [-0.2, 0) is 6.42 Å². The van der Waals surface area contributed by atoms with E-state index in [0.29, 0.717) is 6.04 Å².